The highest BCUT2D eigenvalue weighted by molar-refractivity contribution is 5.79. The Morgan fingerprint density at radius 2 is 2.00 bits per heavy atom. The molecule has 20 heavy (non-hydrogen) atoms. The van der Waals surface area contributed by atoms with Gasteiger partial charge in [-0.2, -0.15) is 0 Å². The van der Waals surface area contributed by atoms with Crippen LogP contribution in [0.5, 0.6) is 0 Å². The summed E-state index contributed by atoms with van der Waals surface area (Å²) in [5.41, 5.74) is 4.09. The zero-order chi connectivity index (χ0) is 13.9. The lowest BCUT2D eigenvalue weighted by molar-refractivity contribution is -0.144. The van der Waals surface area contributed by atoms with Crippen molar-refractivity contribution < 1.29 is 9.53 Å². The quantitative estimate of drug-likeness (QED) is 0.766. The Bertz CT molecular complexity index is 486. The van der Waals surface area contributed by atoms with Crippen molar-refractivity contribution in [3.05, 3.63) is 34.9 Å². The van der Waals surface area contributed by atoms with Crippen LogP contribution in [0.4, 0.5) is 0 Å². The predicted molar refractivity (Wildman–Crippen MR) is 80.0 cm³/mol. The average Bonchev–Trinajstić information content (AvgIpc) is 2.91. The predicted octanol–water partition coefficient (Wildman–Crippen LogP) is 4.33. The van der Waals surface area contributed by atoms with Gasteiger partial charge in [0.25, 0.3) is 0 Å². The molecule has 0 spiro atoms. The van der Waals surface area contributed by atoms with E-state index >= 15 is 0 Å². The van der Waals surface area contributed by atoms with Crippen LogP contribution >= 0.6 is 0 Å². The SMILES string of the molecule is CCOC(=O)[C@@H]1CCc2cc(C3CCCCC3)ccc21. The molecule has 2 aliphatic carbocycles. The maximum atomic E-state index is 12.0. The molecule has 2 aliphatic rings. The number of esters is 1. The van der Waals surface area contributed by atoms with E-state index in [1.807, 2.05) is 6.92 Å². The third-order valence-corrected chi connectivity index (χ3v) is 4.89. The summed E-state index contributed by atoms with van der Waals surface area (Å²) >= 11 is 0. The molecule has 0 heterocycles. The molecule has 2 heteroatoms. The van der Waals surface area contributed by atoms with Crippen LogP contribution in [0.2, 0.25) is 0 Å². The van der Waals surface area contributed by atoms with Crippen molar-refractivity contribution in [3.63, 3.8) is 0 Å². The molecular formula is C18H24O2. The number of aryl methyl sites for hydroxylation is 1. The lowest BCUT2D eigenvalue weighted by atomic mass is 9.83. The van der Waals surface area contributed by atoms with Crippen LogP contribution in [0.15, 0.2) is 18.2 Å². The molecule has 0 aliphatic heterocycles. The molecular weight excluding hydrogens is 248 g/mol. The van der Waals surface area contributed by atoms with Crippen LogP contribution in [0, 0.1) is 0 Å². The second-order valence-corrected chi connectivity index (χ2v) is 6.14. The summed E-state index contributed by atoms with van der Waals surface area (Å²) in [4.78, 5) is 12.0. The van der Waals surface area contributed by atoms with Gasteiger partial charge in [0.2, 0.25) is 0 Å². The maximum absolute atomic E-state index is 12.0. The Kier molecular flexibility index (Phi) is 4.09. The largest absolute Gasteiger partial charge is 0.466 e. The molecule has 3 rings (SSSR count). The van der Waals surface area contributed by atoms with Gasteiger partial charge in [-0.1, -0.05) is 37.5 Å². The van der Waals surface area contributed by atoms with Crippen LogP contribution in [0.3, 0.4) is 0 Å². The van der Waals surface area contributed by atoms with E-state index in [0.717, 1.165) is 18.8 Å². The van der Waals surface area contributed by atoms with Gasteiger partial charge in [0.15, 0.2) is 0 Å². The van der Waals surface area contributed by atoms with E-state index in [4.69, 9.17) is 4.74 Å². The van der Waals surface area contributed by atoms with Crippen molar-refractivity contribution in [2.45, 2.75) is 63.7 Å². The molecule has 0 N–H and O–H groups in total. The van der Waals surface area contributed by atoms with Gasteiger partial charge in [-0.3, -0.25) is 4.79 Å². The zero-order valence-electron chi connectivity index (χ0n) is 12.4. The summed E-state index contributed by atoms with van der Waals surface area (Å²) in [6.45, 7) is 2.35. The number of hydrogen-bond acceptors (Lipinski definition) is 2. The van der Waals surface area contributed by atoms with Gasteiger partial charge >= 0.3 is 5.97 Å². The first-order valence-electron chi connectivity index (χ1n) is 8.09. The van der Waals surface area contributed by atoms with E-state index in [1.165, 1.54) is 48.8 Å². The van der Waals surface area contributed by atoms with Gasteiger partial charge in [0, 0.05) is 0 Å². The standard InChI is InChI=1S/C18H24O2/c1-2-20-18(19)17-11-9-15-12-14(8-10-16(15)17)13-6-4-3-5-7-13/h8,10,12-13,17H,2-7,9,11H2,1H3/t17-/m1/s1. The number of rotatable bonds is 3. The third-order valence-electron chi connectivity index (χ3n) is 4.89. The molecule has 0 amide bonds. The Morgan fingerprint density at radius 3 is 2.75 bits per heavy atom. The molecule has 1 fully saturated rings. The first-order valence-corrected chi connectivity index (χ1v) is 8.09. The van der Waals surface area contributed by atoms with Gasteiger partial charge in [0.1, 0.15) is 0 Å². The normalized spacial score (nSPS) is 22.6. The highest BCUT2D eigenvalue weighted by atomic mass is 16.5. The van der Waals surface area contributed by atoms with Gasteiger partial charge in [0.05, 0.1) is 12.5 Å². The average molecular weight is 272 g/mol. The van der Waals surface area contributed by atoms with Gasteiger partial charge in [-0.15, -0.1) is 0 Å². The summed E-state index contributed by atoms with van der Waals surface area (Å²) in [5.74, 6) is 0.678. The smallest absolute Gasteiger partial charge is 0.313 e. The minimum absolute atomic E-state index is 0.0228. The summed E-state index contributed by atoms with van der Waals surface area (Å²) in [7, 11) is 0. The number of ether oxygens (including phenoxy) is 1. The van der Waals surface area contributed by atoms with Crippen LogP contribution in [-0.2, 0) is 16.0 Å². The Balaban J connectivity index is 1.79. The van der Waals surface area contributed by atoms with E-state index in [2.05, 4.69) is 18.2 Å². The minimum atomic E-state index is -0.0448. The molecule has 0 radical (unpaired) electrons. The van der Waals surface area contributed by atoms with Crippen molar-refractivity contribution in [3.8, 4) is 0 Å². The van der Waals surface area contributed by atoms with Crippen molar-refractivity contribution in [1.82, 2.24) is 0 Å². The van der Waals surface area contributed by atoms with Crippen LogP contribution in [0.25, 0.3) is 0 Å². The molecule has 0 unspecified atom stereocenters. The highest BCUT2D eigenvalue weighted by Crippen LogP contribution is 2.38. The number of benzene rings is 1. The summed E-state index contributed by atoms with van der Waals surface area (Å²) < 4.78 is 5.19. The molecule has 108 valence electrons. The molecule has 1 aromatic carbocycles. The fourth-order valence-electron chi connectivity index (χ4n) is 3.81. The first kappa shape index (κ1) is 13.7. The minimum Gasteiger partial charge on any atom is -0.466 e. The van der Waals surface area contributed by atoms with E-state index in [1.54, 1.807) is 0 Å². The molecule has 1 atom stereocenters. The Morgan fingerprint density at radius 1 is 1.20 bits per heavy atom. The second kappa shape index (κ2) is 5.99. The van der Waals surface area contributed by atoms with E-state index in [9.17, 15) is 4.79 Å². The topological polar surface area (TPSA) is 26.3 Å². The van der Waals surface area contributed by atoms with Crippen molar-refractivity contribution in [2.24, 2.45) is 0 Å². The molecule has 0 bridgehead atoms. The van der Waals surface area contributed by atoms with E-state index in [-0.39, 0.29) is 11.9 Å². The second-order valence-electron chi connectivity index (χ2n) is 6.14. The molecule has 1 aromatic rings. The lowest BCUT2D eigenvalue weighted by Gasteiger charge is -2.22. The first-order chi connectivity index (χ1) is 9.79. The highest BCUT2D eigenvalue weighted by Gasteiger charge is 2.30. The summed E-state index contributed by atoms with van der Waals surface area (Å²) in [6.07, 6.45) is 8.74. The number of fused-ring (bicyclic) bond motifs is 1. The Labute approximate surface area is 121 Å². The molecule has 2 nitrogen and oxygen atoms in total. The number of carbonyl (C=O) groups excluding carboxylic acids is 1. The van der Waals surface area contributed by atoms with Gasteiger partial charge in [-0.25, -0.2) is 0 Å². The van der Waals surface area contributed by atoms with Crippen molar-refractivity contribution >= 4 is 5.97 Å². The number of hydrogen-bond donors (Lipinski definition) is 0. The van der Waals surface area contributed by atoms with E-state index in [0.29, 0.717) is 6.61 Å². The Hall–Kier alpha value is -1.31. The van der Waals surface area contributed by atoms with Crippen molar-refractivity contribution in [2.75, 3.05) is 6.61 Å². The maximum Gasteiger partial charge on any atom is 0.313 e. The molecule has 0 saturated heterocycles. The van der Waals surface area contributed by atoms with E-state index < -0.39 is 0 Å². The monoisotopic (exact) mass is 272 g/mol. The third kappa shape index (κ3) is 2.61. The fourth-order valence-corrected chi connectivity index (χ4v) is 3.81. The zero-order valence-corrected chi connectivity index (χ0v) is 12.4. The summed E-state index contributed by atoms with van der Waals surface area (Å²) in [5, 5.41) is 0. The van der Waals surface area contributed by atoms with Gasteiger partial charge < -0.3 is 4.74 Å². The lowest BCUT2D eigenvalue weighted by Crippen LogP contribution is -2.13. The fraction of sp³-hybridized carbons (Fsp3) is 0.611. The molecule has 1 saturated carbocycles. The van der Waals surface area contributed by atoms with Crippen molar-refractivity contribution in [1.29, 1.82) is 0 Å². The van der Waals surface area contributed by atoms with Crippen LogP contribution in [0.1, 0.15) is 74.0 Å². The van der Waals surface area contributed by atoms with Crippen LogP contribution < -0.4 is 0 Å². The molecule has 0 aromatic heterocycles. The van der Waals surface area contributed by atoms with Gasteiger partial charge in [-0.05, 0) is 55.2 Å². The number of carbonyl (C=O) groups is 1. The summed E-state index contributed by atoms with van der Waals surface area (Å²) in [6, 6.07) is 6.81. The van der Waals surface area contributed by atoms with Crippen LogP contribution in [-0.4, -0.2) is 12.6 Å².